The Hall–Kier alpha value is -2.09. The van der Waals surface area contributed by atoms with Crippen molar-refractivity contribution in [1.82, 2.24) is 5.32 Å². The Kier molecular flexibility index (Phi) is 7.52. The summed E-state index contributed by atoms with van der Waals surface area (Å²) in [6, 6.07) is 2.29. The summed E-state index contributed by atoms with van der Waals surface area (Å²) in [6.07, 6.45) is 16.2. The van der Waals surface area contributed by atoms with Crippen molar-refractivity contribution < 1.29 is 4.74 Å². The topological polar surface area (TPSA) is 71.1 Å². The minimum absolute atomic E-state index is 0.0285. The average molecular weight is 394 g/mol. The van der Waals surface area contributed by atoms with Crippen LogP contribution in [0.15, 0.2) is 58.9 Å². The lowest BCUT2D eigenvalue weighted by molar-refractivity contribution is 0.222. The fourth-order valence-electron chi connectivity index (χ4n) is 4.26. The summed E-state index contributed by atoms with van der Waals surface area (Å²) in [6.45, 7) is 7.05. The first-order valence-corrected chi connectivity index (χ1v) is 10.9. The van der Waals surface area contributed by atoms with Crippen LogP contribution in [0, 0.1) is 40.9 Å². The highest BCUT2D eigenvalue weighted by atomic mass is 16.5. The van der Waals surface area contributed by atoms with E-state index in [1.807, 2.05) is 12.2 Å². The maximum atomic E-state index is 8.97. The normalized spacial score (nSPS) is 25.5. The van der Waals surface area contributed by atoms with E-state index in [-0.39, 0.29) is 5.92 Å². The van der Waals surface area contributed by atoms with Crippen molar-refractivity contribution in [3.63, 3.8) is 0 Å². The number of allylic oxidation sites excluding steroid dienone is 7. The molecule has 0 aromatic carbocycles. The van der Waals surface area contributed by atoms with Crippen molar-refractivity contribution in [2.24, 2.45) is 35.3 Å². The predicted octanol–water partition coefficient (Wildman–Crippen LogP) is 4.26. The van der Waals surface area contributed by atoms with Gasteiger partial charge < -0.3 is 15.8 Å². The fraction of sp³-hybridized carbons (Fsp3) is 0.560. The van der Waals surface area contributed by atoms with Gasteiger partial charge in [-0.05, 0) is 66.4 Å². The number of nitrogens with one attached hydrogen (secondary N) is 1. The molecule has 0 fully saturated rings. The maximum Gasteiger partial charge on any atom is 0.0700 e. The van der Waals surface area contributed by atoms with Crippen molar-refractivity contribution >= 4 is 0 Å². The zero-order chi connectivity index (χ0) is 20.8. The number of rotatable bonds is 11. The minimum atomic E-state index is 0.0285. The highest BCUT2D eigenvalue weighted by molar-refractivity contribution is 5.59. The number of nitrogens with two attached hydrogens (primary N) is 1. The zero-order valence-electron chi connectivity index (χ0n) is 18.0. The van der Waals surface area contributed by atoms with E-state index >= 15 is 0 Å². The molecule has 0 radical (unpaired) electrons. The van der Waals surface area contributed by atoms with Crippen LogP contribution in [0.25, 0.3) is 0 Å². The molecule has 0 bridgehead atoms. The number of nitrogens with zero attached hydrogens (tertiary/aromatic N) is 1. The molecule has 4 unspecified atom stereocenters. The van der Waals surface area contributed by atoms with Crippen LogP contribution in [0.4, 0.5) is 0 Å². The predicted molar refractivity (Wildman–Crippen MR) is 119 cm³/mol. The van der Waals surface area contributed by atoms with Crippen LogP contribution >= 0.6 is 0 Å². The molecule has 0 aromatic rings. The molecule has 0 saturated carbocycles. The molecule has 3 aliphatic rings. The largest absolute Gasteiger partial charge is 0.385 e. The third-order valence-corrected chi connectivity index (χ3v) is 6.65. The Labute approximate surface area is 175 Å². The van der Waals surface area contributed by atoms with Crippen molar-refractivity contribution in [1.29, 1.82) is 5.26 Å². The number of hydrogen-bond donors (Lipinski definition) is 2. The van der Waals surface area contributed by atoms with Crippen LogP contribution in [-0.4, -0.2) is 26.8 Å². The van der Waals surface area contributed by atoms with E-state index in [0.29, 0.717) is 36.8 Å². The molecular weight excluding hydrogens is 358 g/mol. The summed E-state index contributed by atoms with van der Waals surface area (Å²) in [5.41, 5.74) is 11.6. The minimum Gasteiger partial charge on any atom is -0.385 e. The van der Waals surface area contributed by atoms with Gasteiger partial charge >= 0.3 is 0 Å². The number of hydrogen-bond acceptors (Lipinski definition) is 4. The molecule has 4 nitrogen and oxygen atoms in total. The highest BCUT2D eigenvalue weighted by Crippen LogP contribution is 2.47. The summed E-state index contributed by atoms with van der Waals surface area (Å²) in [4.78, 5) is 0. The van der Waals surface area contributed by atoms with Crippen molar-refractivity contribution in [3.05, 3.63) is 58.9 Å². The third kappa shape index (κ3) is 5.50. The van der Waals surface area contributed by atoms with Gasteiger partial charge in [-0.3, -0.25) is 0 Å². The highest BCUT2D eigenvalue weighted by Gasteiger charge is 2.35. The number of fused-ring (bicyclic) bond motifs is 1. The van der Waals surface area contributed by atoms with E-state index in [1.165, 1.54) is 23.1 Å². The van der Waals surface area contributed by atoms with Crippen LogP contribution in [0.3, 0.4) is 0 Å². The SMILES string of the molecule is COCC1=CC=C(C(CN)CC[C@H](C)C(C)CNC2=CCC(C#N)C=C2)C2=CC12. The van der Waals surface area contributed by atoms with Crippen molar-refractivity contribution in [2.75, 3.05) is 26.8 Å². The second-order valence-corrected chi connectivity index (χ2v) is 8.73. The molecule has 156 valence electrons. The van der Waals surface area contributed by atoms with E-state index in [9.17, 15) is 0 Å². The molecule has 3 aliphatic carbocycles. The first-order valence-electron chi connectivity index (χ1n) is 10.9. The Balaban J connectivity index is 1.45. The first-order chi connectivity index (χ1) is 14.1. The van der Waals surface area contributed by atoms with Gasteiger partial charge in [-0.1, -0.05) is 44.2 Å². The van der Waals surface area contributed by atoms with Gasteiger partial charge in [0.05, 0.1) is 18.6 Å². The van der Waals surface area contributed by atoms with Crippen LogP contribution < -0.4 is 11.1 Å². The molecule has 3 N–H and O–H groups in total. The van der Waals surface area contributed by atoms with Crippen LogP contribution in [-0.2, 0) is 4.74 Å². The first kappa shape index (κ1) is 21.6. The van der Waals surface area contributed by atoms with Crippen LogP contribution in [0.5, 0.6) is 0 Å². The summed E-state index contributed by atoms with van der Waals surface area (Å²) in [5.74, 6) is 2.19. The van der Waals surface area contributed by atoms with Crippen LogP contribution in [0.1, 0.15) is 33.1 Å². The number of methoxy groups -OCH3 is 1. The molecule has 4 heteroatoms. The van der Waals surface area contributed by atoms with Gasteiger partial charge in [0, 0.05) is 25.3 Å². The fourth-order valence-corrected chi connectivity index (χ4v) is 4.26. The van der Waals surface area contributed by atoms with E-state index in [2.05, 4.69) is 49.5 Å². The molecule has 0 amide bonds. The van der Waals surface area contributed by atoms with Crippen molar-refractivity contribution in [3.8, 4) is 6.07 Å². The molecule has 0 spiro atoms. The Morgan fingerprint density at radius 2 is 2.10 bits per heavy atom. The van der Waals surface area contributed by atoms with E-state index in [4.69, 9.17) is 15.7 Å². The quantitative estimate of drug-likeness (QED) is 0.550. The lowest BCUT2D eigenvalue weighted by atomic mass is 9.82. The molecule has 0 aliphatic heterocycles. The third-order valence-electron chi connectivity index (χ3n) is 6.65. The smallest absolute Gasteiger partial charge is 0.0700 e. The van der Waals surface area contributed by atoms with Gasteiger partial charge in [-0.25, -0.2) is 0 Å². The second kappa shape index (κ2) is 10.1. The van der Waals surface area contributed by atoms with Gasteiger partial charge in [0.2, 0.25) is 0 Å². The van der Waals surface area contributed by atoms with Gasteiger partial charge in [0.1, 0.15) is 0 Å². The monoisotopic (exact) mass is 393 g/mol. The number of nitriles is 1. The number of ether oxygens (including phenoxy) is 1. The summed E-state index contributed by atoms with van der Waals surface area (Å²) in [5, 5.41) is 12.5. The summed E-state index contributed by atoms with van der Waals surface area (Å²) >= 11 is 0. The molecule has 29 heavy (non-hydrogen) atoms. The lowest BCUT2D eigenvalue weighted by Gasteiger charge is -2.26. The zero-order valence-corrected chi connectivity index (χ0v) is 18.0. The Morgan fingerprint density at radius 3 is 2.76 bits per heavy atom. The molecule has 0 aromatic heterocycles. The Bertz CT molecular complexity index is 780. The van der Waals surface area contributed by atoms with Gasteiger partial charge in [0.15, 0.2) is 0 Å². The molecular formula is C25H35N3O. The summed E-state index contributed by atoms with van der Waals surface area (Å²) < 4.78 is 5.30. The maximum absolute atomic E-state index is 8.97. The van der Waals surface area contributed by atoms with E-state index in [1.54, 1.807) is 7.11 Å². The van der Waals surface area contributed by atoms with Gasteiger partial charge in [0.25, 0.3) is 0 Å². The molecule has 0 heterocycles. The lowest BCUT2D eigenvalue weighted by Crippen LogP contribution is -2.26. The summed E-state index contributed by atoms with van der Waals surface area (Å²) in [7, 11) is 1.76. The molecule has 5 atom stereocenters. The van der Waals surface area contributed by atoms with Crippen LogP contribution in [0.2, 0.25) is 0 Å². The molecule has 3 rings (SSSR count). The van der Waals surface area contributed by atoms with Crippen molar-refractivity contribution in [2.45, 2.75) is 33.1 Å². The molecule has 0 saturated heterocycles. The van der Waals surface area contributed by atoms with Gasteiger partial charge in [-0.15, -0.1) is 0 Å². The van der Waals surface area contributed by atoms with E-state index in [0.717, 1.165) is 25.1 Å². The standard InChI is InChI=1S/C25H35N3O/c1-17(18(2)15-28-22-9-5-19(13-26)6-10-22)4-7-20(14-27)23-11-8-21(16-29-3)24-12-25(23)24/h5,8-12,17-20,24,28H,4,6-7,14-16,27H2,1-3H3/t17-,18?,19?,20?,24?/m0/s1. The van der Waals surface area contributed by atoms with Gasteiger partial charge in [-0.2, -0.15) is 5.26 Å². The Morgan fingerprint density at radius 1 is 1.28 bits per heavy atom. The van der Waals surface area contributed by atoms with E-state index < -0.39 is 0 Å². The average Bonchev–Trinajstić information content (AvgIpc) is 3.55. The second-order valence-electron chi connectivity index (χ2n) is 8.73.